The molecule has 1 atom stereocenters. The van der Waals surface area contributed by atoms with Gasteiger partial charge in [-0.1, -0.05) is 12.1 Å². The van der Waals surface area contributed by atoms with E-state index in [-0.39, 0.29) is 24.4 Å². The van der Waals surface area contributed by atoms with Gasteiger partial charge in [-0.05, 0) is 48.0 Å². The highest BCUT2D eigenvalue weighted by molar-refractivity contribution is 9.10. The largest absolute Gasteiger partial charge is 0.475 e. The van der Waals surface area contributed by atoms with Crippen molar-refractivity contribution in [3.63, 3.8) is 0 Å². The van der Waals surface area contributed by atoms with E-state index < -0.39 is 11.7 Å². The van der Waals surface area contributed by atoms with E-state index >= 15 is 0 Å². The van der Waals surface area contributed by atoms with Gasteiger partial charge in [0, 0.05) is 23.3 Å². The Bertz CT molecular complexity index is 751. The molecule has 0 aliphatic rings. The fourth-order valence-electron chi connectivity index (χ4n) is 2.37. The Hall–Kier alpha value is -2.09. The molecule has 1 amide bonds. The van der Waals surface area contributed by atoms with Gasteiger partial charge in [-0.15, -0.1) is 0 Å². The average Bonchev–Trinajstić information content (AvgIpc) is 2.60. The van der Waals surface area contributed by atoms with Gasteiger partial charge in [0.25, 0.3) is 5.91 Å². The van der Waals surface area contributed by atoms with Crippen molar-refractivity contribution in [2.24, 2.45) is 0 Å². The van der Waals surface area contributed by atoms with Crippen LogP contribution in [0.25, 0.3) is 0 Å². The summed E-state index contributed by atoms with van der Waals surface area (Å²) in [5, 5.41) is 0. The summed E-state index contributed by atoms with van der Waals surface area (Å²) in [5.74, 6) is -0.0781. The molecule has 0 N–H and O–H groups in total. The highest BCUT2D eigenvalue weighted by Gasteiger charge is 2.30. The summed E-state index contributed by atoms with van der Waals surface area (Å²) in [5.41, 5.74) is -0.300. The van der Waals surface area contributed by atoms with Crippen molar-refractivity contribution in [2.45, 2.75) is 26.1 Å². The molecule has 0 unspecified atom stereocenters. The number of halogens is 4. The highest BCUT2D eigenvalue weighted by Crippen LogP contribution is 2.29. The van der Waals surface area contributed by atoms with Gasteiger partial charge in [0.2, 0.25) is 5.88 Å². The lowest BCUT2D eigenvalue weighted by Crippen LogP contribution is -2.42. The third-order valence-electron chi connectivity index (χ3n) is 3.77. The summed E-state index contributed by atoms with van der Waals surface area (Å²) in [6.45, 7) is 4.23. The van der Waals surface area contributed by atoms with E-state index in [4.69, 9.17) is 4.74 Å². The molecule has 1 heterocycles. The summed E-state index contributed by atoms with van der Waals surface area (Å²) >= 11 is 3.36. The van der Waals surface area contributed by atoms with E-state index in [0.717, 1.165) is 12.3 Å². The first-order valence-corrected chi connectivity index (χ1v) is 8.75. The zero-order valence-corrected chi connectivity index (χ0v) is 15.8. The molecule has 0 bridgehead atoms. The lowest BCUT2D eigenvalue weighted by atomic mass is 10.1. The number of benzene rings is 1. The highest BCUT2D eigenvalue weighted by atomic mass is 79.9. The SMILES string of the molecule is CCN(C(=O)c1ccccc1Br)[C@@H](C)COc1ccc(C(F)(F)F)cn1. The third kappa shape index (κ3) is 4.97. The smallest absolute Gasteiger partial charge is 0.417 e. The van der Waals surface area contributed by atoms with Crippen LogP contribution < -0.4 is 4.74 Å². The average molecular weight is 431 g/mol. The number of carbonyl (C=O) groups excluding carboxylic acids is 1. The summed E-state index contributed by atoms with van der Waals surface area (Å²) < 4.78 is 43.8. The van der Waals surface area contributed by atoms with Crippen molar-refractivity contribution in [3.05, 3.63) is 58.2 Å². The Labute approximate surface area is 158 Å². The number of alkyl halides is 3. The van der Waals surface area contributed by atoms with E-state index in [1.807, 2.05) is 19.9 Å². The van der Waals surface area contributed by atoms with Crippen LogP contribution in [0.2, 0.25) is 0 Å². The van der Waals surface area contributed by atoms with Gasteiger partial charge in [0.05, 0.1) is 17.2 Å². The molecule has 0 saturated carbocycles. The van der Waals surface area contributed by atoms with Gasteiger partial charge in [0.1, 0.15) is 6.61 Å². The molecule has 1 aromatic carbocycles. The Balaban J connectivity index is 2.02. The molecule has 2 rings (SSSR count). The number of rotatable bonds is 6. The van der Waals surface area contributed by atoms with E-state index in [2.05, 4.69) is 20.9 Å². The van der Waals surface area contributed by atoms with Crippen LogP contribution in [0.1, 0.15) is 29.8 Å². The molecular formula is C18H18BrF3N2O2. The fraction of sp³-hybridized carbons (Fsp3) is 0.333. The lowest BCUT2D eigenvalue weighted by Gasteiger charge is -2.28. The van der Waals surface area contributed by atoms with Crippen LogP contribution in [0.15, 0.2) is 47.1 Å². The number of ether oxygens (including phenoxy) is 1. The maximum Gasteiger partial charge on any atom is 0.417 e. The van der Waals surface area contributed by atoms with Crippen LogP contribution in [0.3, 0.4) is 0 Å². The molecular weight excluding hydrogens is 413 g/mol. The van der Waals surface area contributed by atoms with Crippen molar-refractivity contribution >= 4 is 21.8 Å². The number of aromatic nitrogens is 1. The fourth-order valence-corrected chi connectivity index (χ4v) is 2.83. The molecule has 0 radical (unpaired) electrons. The molecule has 0 aliphatic carbocycles. The van der Waals surface area contributed by atoms with Gasteiger partial charge < -0.3 is 9.64 Å². The van der Waals surface area contributed by atoms with Crippen molar-refractivity contribution in [1.82, 2.24) is 9.88 Å². The standard InChI is InChI=1S/C18H18BrF3N2O2/c1-3-24(17(25)14-6-4-5-7-15(14)19)12(2)11-26-16-9-8-13(10-23-16)18(20,21)22/h4-10,12H,3,11H2,1-2H3/t12-/m0/s1. The number of likely N-dealkylation sites (N-methyl/N-ethyl adjacent to an activating group) is 1. The van der Waals surface area contributed by atoms with Gasteiger partial charge in [-0.3, -0.25) is 4.79 Å². The van der Waals surface area contributed by atoms with E-state index in [9.17, 15) is 18.0 Å². The first-order chi connectivity index (χ1) is 12.2. The molecule has 0 spiro atoms. The second kappa shape index (κ2) is 8.53. The van der Waals surface area contributed by atoms with Gasteiger partial charge in [-0.2, -0.15) is 13.2 Å². The number of amides is 1. The molecule has 8 heteroatoms. The van der Waals surface area contributed by atoms with E-state index in [0.29, 0.717) is 16.6 Å². The van der Waals surface area contributed by atoms with Crippen LogP contribution in [0, 0.1) is 0 Å². The summed E-state index contributed by atoms with van der Waals surface area (Å²) in [6.07, 6.45) is -3.71. The topological polar surface area (TPSA) is 42.4 Å². The summed E-state index contributed by atoms with van der Waals surface area (Å²) in [4.78, 5) is 18.0. The van der Waals surface area contributed by atoms with E-state index in [1.54, 1.807) is 23.1 Å². The minimum atomic E-state index is -4.44. The third-order valence-corrected chi connectivity index (χ3v) is 4.47. The first kappa shape index (κ1) is 20.2. The number of carbonyl (C=O) groups is 1. The molecule has 140 valence electrons. The molecule has 1 aromatic heterocycles. The number of hydrogen-bond acceptors (Lipinski definition) is 3. The molecule has 0 aliphatic heterocycles. The molecule has 4 nitrogen and oxygen atoms in total. The van der Waals surface area contributed by atoms with Crippen LogP contribution in [0.5, 0.6) is 5.88 Å². The Morgan fingerprint density at radius 2 is 1.96 bits per heavy atom. The second-order valence-corrected chi connectivity index (χ2v) is 6.47. The van der Waals surface area contributed by atoms with E-state index in [1.165, 1.54) is 6.07 Å². The zero-order chi connectivity index (χ0) is 19.3. The van der Waals surface area contributed by atoms with Crippen molar-refractivity contribution in [1.29, 1.82) is 0 Å². The maximum atomic E-state index is 12.7. The van der Waals surface area contributed by atoms with Crippen molar-refractivity contribution in [3.8, 4) is 5.88 Å². The van der Waals surface area contributed by atoms with Gasteiger partial charge >= 0.3 is 6.18 Å². The molecule has 26 heavy (non-hydrogen) atoms. The predicted octanol–water partition coefficient (Wildman–Crippen LogP) is 4.79. The maximum absolute atomic E-state index is 12.7. The van der Waals surface area contributed by atoms with Crippen LogP contribution in [-0.4, -0.2) is 35.0 Å². The normalized spacial score (nSPS) is 12.5. The molecule has 2 aromatic rings. The van der Waals surface area contributed by atoms with Crippen LogP contribution in [-0.2, 0) is 6.18 Å². The summed E-state index contributed by atoms with van der Waals surface area (Å²) in [7, 11) is 0. The monoisotopic (exact) mass is 430 g/mol. The molecule has 0 saturated heterocycles. The Morgan fingerprint density at radius 3 is 2.50 bits per heavy atom. The number of pyridine rings is 1. The van der Waals surface area contributed by atoms with Gasteiger partial charge in [-0.25, -0.2) is 4.98 Å². The minimum absolute atomic E-state index is 0.0780. The van der Waals surface area contributed by atoms with Crippen molar-refractivity contribution < 1.29 is 22.7 Å². The zero-order valence-electron chi connectivity index (χ0n) is 14.3. The van der Waals surface area contributed by atoms with Crippen LogP contribution >= 0.6 is 15.9 Å². The van der Waals surface area contributed by atoms with Gasteiger partial charge in [0.15, 0.2) is 0 Å². The lowest BCUT2D eigenvalue weighted by molar-refractivity contribution is -0.137. The summed E-state index contributed by atoms with van der Waals surface area (Å²) in [6, 6.07) is 8.90. The van der Waals surface area contributed by atoms with Crippen molar-refractivity contribution in [2.75, 3.05) is 13.2 Å². The number of nitrogens with zero attached hydrogens (tertiary/aromatic N) is 2. The Morgan fingerprint density at radius 1 is 1.27 bits per heavy atom. The first-order valence-electron chi connectivity index (χ1n) is 7.95. The quantitative estimate of drug-likeness (QED) is 0.661. The minimum Gasteiger partial charge on any atom is -0.475 e. The molecule has 0 fully saturated rings. The number of hydrogen-bond donors (Lipinski definition) is 0. The van der Waals surface area contributed by atoms with Crippen LogP contribution in [0.4, 0.5) is 13.2 Å². The Kier molecular flexibility index (Phi) is 6.63. The predicted molar refractivity (Wildman–Crippen MR) is 95.0 cm³/mol. The second-order valence-electron chi connectivity index (χ2n) is 5.61.